The molecule has 0 bridgehead atoms. The number of rotatable bonds is 10. The van der Waals surface area contributed by atoms with E-state index < -0.39 is 5.97 Å². The highest BCUT2D eigenvalue weighted by Crippen LogP contribution is 2.32. The van der Waals surface area contributed by atoms with Crippen LogP contribution in [-0.4, -0.2) is 52.6 Å². The van der Waals surface area contributed by atoms with E-state index in [9.17, 15) is 14.4 Å². The molecule has 4 aromatic rings. The van der Waals surface area contributed by atoms with Crippen molar-refractivity contribution in [1.82, 2.24) is 14.8 Å². The fraction of sp³-hybridized carbons (Fsp3) is 0.200. The third-order valence-electron chi connectivity index (χ3n) is 6.52. The van der Waals surface area contributed by atoms with Gasteiger partial charge in [0.25, 0.3) is 5.91 Å². The molecule has 5 rings (SSSR count). The molecule has 0 atom stereocenters. The number of hydrogen-bond acceptors (Lipinski definition) is 7. The third kappa shape index (κ3) is 6.01. The van der Waals surface area contributed by atoms with E-state index in [0.717, 1.165) is 15.8 Å². The number of nitrogens with one attached hydrogen (secondary N) is 1. The van der Waals surface area contributed by atoms with Crippen LogP contribution in [0.3, 0.4) is 0 Å². The number of methoxy groups -OCH3 is 1. The lowest BCUT2D eigenvalue weighted by Gasteiger charge is -2.19. The zero-order chi connectivity index (χ0) is 28.9. The second-order valence-corrected chi connectivity index (χ2v) is 10.5. The van der Waals surface area contributed by atoms with Crippen molar-refractivity contribution in [2.45, 2.75) is 20.0 Å². The Morgan fingerprint density at radius 1 is 1.05 bits per heavy atom. The molecule has 1 aliphatic rings. The molecule has 210 valence electrons. The lowest BCUT2D eigenvalue weighted by atomic mass is 10.1. The minimum absolute atomic E-state index is 0.103. The predicted molar refractivity (Wildman–Crippen MR) is 162 cm³/mol. The largest absolute Gasteiger partial charge is 0.494 e. The number of para-hydroxylation sites is 1. The van der Waals surface area contributed by atoms with Crippen molar-refractivity contribution in [3.8, 4) is 5.75 Å². The van der Waals surface area contributed by atoms with E-state index >= 15 is 0 Å². The molecule has 1 N–H and O–H groups in total. The lowest BCUT2D eigenvalue weighted by molar-refractivity contribution is -0.140. The molecule has 11 heteroatoms. The first-order chi connectivity index (χ1) is 19.9. The van der Waals surface area contributed by atoms with Gasteiger partial charge in [-0.05, 0) is 67.0 Å². The summed E-state index contributed by atoms with van der Waals surface area (Å²) in [5, 5.41) is 5.93. The number of amides is 2. The van der Waals surface area contributed by atoms with Crippen molar-refractivity contribution >= 4 is 69.1 Å². The molecular formula is C30H28N4O5S2. The first-order valence-electron chi connectivity index (χ1n) is 12.9. The summed E-state index contributed by atoms with van der Waals surface area (Å²) in [6.07, 6.45) is 3.53. The van der Waals surface area contributed by atoms with Crippen LogP contribution < -0.4 is 15.0 Å². The van der Waals surface area contributed by atoms with Crippen LogP contribution in [-0.2, 0) is 32.2 Å². The van der Waals surface area contributed by atoms with Gasteiger partial charge in [0.2, 0.25) is 5.91 Å². The molecule has 41 heavy (non-hydrogen) atoms. The summed E-state index contributed by atoms with van der Waals surface area (Å²) < 4.78 is 12.3. The van der Waals surface area contributed by atoms with Gasteiger partial charge in [-0.15, -0.1) is 11.3 Å². The molecule has 0 spiro atoms. The van der Waals surface area contributed by atoms with Crippen LogP contribution in [0.4, 0.5) is 5.69 Å². The molecule has 0 unspecified atom stereocenters. The van der Waals surface area contributed by atoms with Gasteiger partial charge in [-0.1, -0.05) is 24.3 Å². The Morgan fingerprint density at radius 2 is 1.83 bits per heavy atom. The Bertz CT molecular complexity index is 1630. The van der Waals surface area contributed by atoms with E-state index in [1.807, 2.05) is 59.5 Å². The molecule has 1 saturated heterocycles. The van der Waals surface area contributed by atoms with Gasteiger partial charge in [-0.2, -0.15) is 0 Å². The van der Waals surface area contributed by atoms with Crippen molar-refractivity contribution in [1.29, 1.82) is 0 Å². The highest BCUT2D eigenvalue weighted by molar-refractivity contribution is 7.80. The smallest absolute Gasteiger partial charge is 0.325 e. The summed E-state index contributed by atoms with van der Waals surface area (Å²) in [5.41, 5.74) is 2.31. The number of ether oxygens (including phenoxy) is 2. The van der Waals surface area contributed by atoms with E-state index in [4.69, 9.17) is 21.7 Å². The van der Waals surface area contributed by atoms with Crippen molar-refractivity contribution < 1.29 is 23.9 Å². The molecule has 0 saturated carbocycles. The molecular weight excluding hydrogens is 560 g/mol. The summed E-state index contributed by atoms with van der Waals surface area (Å²) in [5.74, 6) is -0.383. The molecule has 1 fully saturated rings. The number of benzene rings is 2. The number of nitrogens with zero attached hydrogens (tertiary/aromatic N) is 3. The molecule has 2 aromatic heterocycles. The van der Waals surface area contributed by atoms with E-state index in [1.165, 1.54) is 16.9 Å². The number of thiophene rings is 1. The number of aromatic nitrogens is 1. The van der Waals surface area contributed by atoms with Gasteiger partial charge in [0.15, 0.2) is 5.11 Å². The van der Waals surface area contributed by atoms with Crippen LogP contribution in [0.1, 0.15) is 17.4 Å². The SMILES string of the molecule is CCOc1ccc(N2C(=O)/C(=C/c3cn(CC(=O)NCc4cccs4)c4ccccc34)N(CC(=O)OC)C2=S)cc1. The first kappa shape index (κ1) is 28.1. The van der Waals surface area contributed by atoms with Crippen LogP contribution in [0.15, 0.2) is 77.9 Å². The Kier molecular flexibility index (Phi) is 8.46. The average Bonchev–Trinajstić information content (AvgIpc) is 3.68. The molecule has 3 heterocycles. The fourth-order valence-electron chi connectivity index (χ4n) is 4.59. The summed E-state index contributed by atoms with van der Waals surface area (Å²) in [6.45, 7) is 2.74. The zero-order valence-electron chi connectivity index (χ0n) is 22.5. The minimum Gasteiger partial charge on any atom is -0.494 e. The normalized spacial score (nSPS) is 14.2. The standard InChI is InChI=1S/C30H28N4O5S2/c1-3-39-22-12-10-21(11-13-22)34-29(37)26(33(30(34)40)19-28(36)38-2)15-20-17-32(25-9-5-4-8-24(20)25)18-27(35)31-16-23-7-6-14-41-23/h4-15,17H,3,16,18-19H2,1-2H3,(H,31,35)/b26-15-. The number of fused-ring (bicyclic) bond motifs is 1. The topological polar surface area (TPSA) is 93.1 Å². The maximum atomic E-state index is 13.8. The van der Waals surface area contributed by atoms with Crippen LogP contribution in [0, 0.1) is 0 Å². The number of carbonyl (C=O) groups excluding carboxylic acids is 3. The van der Waals surface area contributed by atoms with E-state index in [-0.39, 0.29) is 35.7 Å². The maximum Gasteiger partial charge on any atom is 0.325 e. The number of hydrogen-bond donors (Lipinski definition) is 1. The second-order valence-electron chi connectivity index (χ2n) is 9.13. The number of anilines is 1. The highest BCUT2D eigenvalue weighted by atomic mass is 32.1. The van der Waals surface area contributed by atoms with Crippen molar-refractivity contribution in [3.63, 3.8) is 0 Å². The van der Waals surface area contributed by atoms with Gasteiger partial charge >= 0.3 is 5.97 Å². The van der Waals surface area contributed by atoms with Crippen LogP contribution in [0.2, 0.25) is 0 Å². The van der Waals surface area contributed by atoms with Crippen LogP contribution >= 0.6 is 23.6 Å². The zero-order valence-corrected chi connectivity index (χ0v) is 24.2. The fourth-order valence-corrected chi connectivity index (χ4v) is 5.59. The molecule has 0 radical (unpaired) electrons. The molecule has 1 aliphatic heterocycles. The van der Waals surface area contributed by atoms with Gasteiger partial charge in [0, 0.05) is 27.5 Å². The van der Waals surface area contributed by atoms with E-state index in [1.54, 1.807) is 41.7 Å². The van der Waals surface area contributed by atoms with Gasteiger partial charge in [-0.25, -0.2) is 0 Å². The number of esters is 1. The average molecular weight is 589 g/mol. The van der Waals surface area contributed by atoms with Crippen molar-refractivity contribution in [2.75, 3.05) is 25.2 Å². The summed E-state index contributed by atoms with van der Waals surface area (Å²) in [7, 11) is 1.29. The van der Waals surface area contributed by atoms with Crippen molar-refractivity contribution in [2.24, 2.45) is 0 Å². The summed E-state index contributed by atoms with van der Waals surface area (Å²) in [6, 6.07) is 18.6. The van der Waals surface area contributed by atoms with E-state index in [2.05, 4.69) is 5.32 Å². The predicted octanol–water partition coefficient (Wildman–Crippen LogP) is 4.57. The Morgan fingerprint density at radius 3 is 2.54 bits per heavy atom. The quantitative estimate of drug-likeness (QED) is 0.165. The Balaban J connectivity index is 1.48. The Labute approximate surface area is 246 Å². The second kappa shape index (κ2) is 12.4. The van der Waals surface area contributed by atoms with Crippen LogP contribution in [0.5, 0.6) is 5.75 Å². The summed E-state index contributed by atoms with van der Waals surface area (Å²) >= 11 is 7.26. The highest BCUT2D eigenvalue weighted by Gasteiger charge is 2.40. The molecule has 9 nitrogen and oxygen atoms in total. The first-order valence-corrected chi connectivity index (χ1v) is 14.2. The Hall–Kier alpha value is -4.48. The maximum absolute atomic E-state index is 13.8. The molecule has 0 aliphatic carbocycles. The molecule has 2 amide bonds. The van der Waals surface area contributed by atoms with Gasteiger partial charge in [-0.3, -0.25) is 19.3 Å². The van der Waals surface area contributed by atoms with Gasteiger partial charge in [0.05, 0.1) is 25.9 Å². The number of thiocarbonyl (C=S) groups is 1. The summed E-state index contributed by atoms with van der Waals surface area (Å²) in [4.78, 5) is 42.8. The monoisotopic (exact) mass is 588 g/mol. The van der Waals surface area contributed by atoms with Gasteiger partial charge in [0.1, 0.15) is 24.5 Å². The molecule has 2 aromatic carbocycles. The lowest BCUT2D eigenvalue weighted by Crippen LogP contribution is -2.35. The van der Waals surface area contributed by atoms with E-state index in [0.29, 0.717) is 30.2 Å². The number of carbonyl (C=O) groups is 3. The minimum atomic E-state index is -0.538. The van der Waals surface area contributed by atoms with Crippen molar-refractivity contribution in [3.05, 3.63) is 88.4 Å². The third-order valence-corrected chi connectivity index (χ3v) is 7.80. The van der Waals surface area contributed by atoms with Crippen LogP contribution in [0.25, 0.3) is 17.0 Å². The van der Waals surface area contributed by atoms with Gasteiger partial charge < -0.3 is 24.3 Å².